The van der Waals surface area contributed by atoms with Gasteiger partial charge in [0.25, 0.3) is 5.56 Å². The molecule has 1 amide bonds. The predicted octanol–water partition coefficient (Wildman–Crippen LogP) is 1.22. The van der Waals surface area contributed by atoms with E-state index in [0.29, 0.717) is 11.1 Å². The first-order valence-electron chi connectivity index (χ1n) is 6.50. The van der Waals surface area contributed by atoms with E-state index in [1.807, 2.05) is 6.07 Å². The Morgan fingerprint density at radius 1 is 1.43 bits per heavy atom. The van der Waals surface area contributed by atoms with Crippen molar-refractivity contribution in [1.82, 2.24) is 15.1 Å². The molecule has 0 aliphatic carbocycles. The van der Waals surface area contributed by atoms with Gasteiger partial charge in [-0.15, -0.1) is 6.42 Å². The van der Waals surface area contributed by atoms with Gasteiger partial charge in [0.05, 0.1) is 17.6 Å². The molecule has 2 rings (SSSR count). The summed E-state index contributed by atoms with van der Waals surface area (Å²) in [5, 5.41) is 8.23. The van der Waals surface area contributed by atoms with Crippen LogP contribution in [0.15, 0.2) is 41.2 Å². The molecule has 0 aliphatic heterocycles. The number of hydrogen-bond donors (Lipinski definition) is 1. The first kappa shape index (κ1) is 14.5. The number of aromatic nitrogens is 2. The van der Waals surface area contributed by atoms with Crippen LogP contribution in [-0.4, -0.2) is 15.7 Å². The Bertz CT molecular complexity index is 797. The van der Waals surface area contributed by atoms with Crippen LogP contribution < -0.4 is 10.9 Å². The molecule has 0 saturated carbocycles. The molecule has 2 aromatic rings. The summed E-state index contributed by atoms with van der Waals surface area (Å²) in [5.74, 6) is 2.19. The average Bonchev–Trinajstić information content (AvgIpc) is 2.49. The van der Waals surface area contributed by atoms with Crippen LogP contribution in [0.4, 0.5) is 0 Å². The number of amides is 1. The standard InChI is InChI=1S/C16H15N3O2/c1-3-7-15(20)17-11-14-12-8-5-6-9-13(12)16(21)19(18-14)10-4-2/h2-3,5-9H,10-11H2,1H3,(H,17,20)/b7-3+. The lowest BCUT2D eigenvalue weighted by Gasteiger charge is -2.09. The van der Waals surface area contributed by atoms with Gasteiger partial charge in [-0.05, 0) is 19.1 Å². The predicted molar refractivity (Wildman–Crippen MR) is 81.5 cm³/mol. The van der Waals surface area contributed by atoms with E-state index in [-0.39, 0.29) is 24.6 Å². The molecule has 0 unspecified atom stereocenters. The number of carbonyl (C=O) groups excluding carboxylic acids is 1. The maximum Gasteiger partial charge on any atom is 0.275 e. The van der Waals surface area contributed by atoms with Gasteiger partial charge in [0.15, 0.2) is 0 Å². The molecule has 1 heterocycles. The van der Waals surface area contributed by atoms with Crippen molar-refractivity contribution in [2.75, 3.05) is 0 Å². The molecule has 0 spiro atoms. The van der Waals surface area contributed by atoms with Crippen molar-refractivity contribution in [2.24, 2.45) is 0 Å². The van der Waals surface area contributed by atoms with Crippen molar-refractivity contribution >= 4 is 16.7 Å². The summed E-state index contributed by atoms with van der Waals surface area (Å²) >= 11 is 0. The van der Waals surface area contributed by atoms with E-state index in [1.165, 1.54) is 10.8 Å². The summed E-state index contributed by atoms with van der Waals surface area (Å²) in [6, 6.07) is 7.14. The quantitative estimate of drug-likeness (QED) is 0.677. The van der Waals surface area contributed by atoms with Gasteiger partial charge in [0.2, 0.25) is 5.91 Å². The van der Waals surface area contributed by atoms with Gasteiger partial charge in [-0.25, -0.2) is 4.68 Å². The molecule has 5 nitrogen and oxygen atoms in total. The lowest BCUT2D eigenvalue weighted by atomic mass is 10.1. The highest BCUT2D eigenvalue weighted by atomic mass is 16.1. The maximum absolute atomic E-state index is 12.2. The molecule has 21 heavy (non-hydrogen) atoms. The molecule has 0 saturated heterocycles. The Kier molecular flexibility index (Phi) is 4.52. The van der Waals surface area contributed by atoms with Gasteiger partial charge in [0.1, 0.15) is 6.54 Å². The summed E-state index contributed by atoms with van der Waals surface area (Å²) in [6.45, 7) is 2.09. The van der Waals surface area contributed by atoms with Gasteiger partial charge in [-0.1, -0.05) is 30.2 Å². The second-order valence-corrected chi connectivity index (χ2v) is 4.38. The van der Waals surface area contributed by atoms with E-state index in [1.54, 1.807) is 31.2 Å². The Morgan fingerprint density at radius 3 is 2.81 bits per heavy atom. The molecule has 1 N–H and O–H groups in total. The zero-order valence-electron chi connectivity index (χ0n) is 11.7. The maximum atomic E-state index is 12.2. The molecule has 0 aliphatic rings. The van der Waals surface area contributed by atoms with Gasteiger partial charge in [0, 0.05) is 5.39 Å². The molecule has 0 atom stereocenters. The van der Waals surface area contributed by atoms with Crippen LogP contribution in [0.25, 0.3) is 10.8 Å². The third-order valence-corrected chi connectivity index (χ3v) is 2.93. The minimum absolute atomic E-state index is 0.0967. The van der Waals surface area contributed by atoms with E-state index in [9.17, 15) is 9.59 Å². The number of nitrogens with one attached hydrogen (secondary N) is 1. The molecule has 1 aromatic carbocycles. The number of terminal acetylenes is 1. The largest absolute Gasteiger partial charge is 0.347 e. The topological polar surface area (TPSA) is 64.0 Å². The molecule has 0 fully saturated rings. The zero-order valence-corrected chi connectivity index (χ0v) is 11.7. The lowest BCUT2D eigenvalue weighted by Crippen LogP contribution is -2.27. The van der Waals surface area contributed by atoms with Crippen molar-refractivity contribution in [3.8, 4) is 12.3 Å². The molecule has 106 valence electrons. The number of benzene rings is 1. The molecular weight excluding hydrogens is 266 g/mol. The number of rotatable bonds is 4. The molecule has 5 heteroatoms. The fourth-order valence-electron chi connectivity index (χ4n) is 2.01. The smallest absolute Gasteiger partial charge is 0.275 e. The van der Waals surface area contributed by atoms with E-state index in [4.69, 9.17) is 6.42 Å². The Morgan fingerprint density at radius 2 is 2.14 bits per heavy atom. The van der Waals surface area contributed by atoms with Gasteiger partial charge in [-0.3, -0.25) is 9.59 Å². The highest BCUT2D eigenvalue weighted by Gasteiger charge is 2.10. The van der Waals surface area contributed by atoms with Crippen LogP contribution in [0, 0.1) is 12.3 Å². The summed E-state index contributed by atoms with van der Waals surface area (Å²) < 4.78 is 1.24. The fraction of sp³-hybridized carbons (Fsp3) is 0.188. The van der Waals surface area contributed by atoms with E-state index < -0.39 is 0 Å². The van der Waals surface area contributed by atoms with Crippen molar-refractivity contribution in [1.29, 1.82) is 0 Å². The summed E-state index contributed by atoms with van der Waals surface area (Å²) in [6.07, 6.45) is 8.34. The number of carbonyl (C=O) groups is 1. The van der Waals surface area contributed by atoms with Crippen LogP contribution in [0.1, 0.15) is 12.6 Å². The van der Waals surface area contributed by atoms with E-state index >= 15 is 0 Å². The fourth-order valence-corrected chi connectivity index (χ4v) is 2.01. The molecular formula is C16H15N3O2. The summed E-state index contributed by atoms with van der Waals surface area (Å²) in [5.41, 5.74) is 0.380. The van der Waals surface area contributed by atoms with Gasteiger partial charge in [-0.2, -0.15) is 5.10 Å². The summed E-state index contributed by atoms with van der Waals surface area (Å²) in [7, 11) is 0. The van der Waals surface area contributed by atoms with Crippen molar-refractivity contribution in [3.05, 3.63) is 52.5 Å². The third kappa shape index (κ3) is 3.18. The number of fused-ring (bicyclic) bond motifs is 1. The number of allylic oxidation sites excluding steroid dienone is 1. The van der Waals surface area contributed by atoms with E-state index in [0.717, 1.165) is 5.39 Å². The van der Waals surface area contributed by atoms with Crippen LogP contribution >= 0.6 is 0 Å². The Hall–Kier alpha value is -2.87. The van der Waals surface area contributed by atoms with Crippen LogP contribution in [-0.2, 0) is 17.9 Å². The lowest BCUT2D eigenvalue weighted by molar-refractivity contribution is -0.116. The van der Waals surface area contributed by atoms with Crippen LogP contribution in [0.3, 0.4) is 0 Å². The highest BCUT2D eigenvalue weighted by Crippen LogP contribution is 2.12. The van der Waals surface area contributed by atoms with Crippen molar-refractivity contribution in [2.45, 2.75) is 20.0 Å². The Labute approximate surface area is 122 Å². The second-order valence-electron chi connectivity index (χ2n) is 4.38. The normalized spacial score (nSPS) is 10.7. The van der Waals surface area contributed by atoms with Crippen molar-refractivity contribution in [3.63, 3.8) is 0 Å². The van der Waals surface area contributed by atoms with Crippen LogP contribution in [0.5, 0.6) is 0 Å². The first-order chi connectivity index (χ1) is 10.2. The minimum atomic E-state index is -0.230. The monoisotopic (exact) mass is 281 g/mol. The van der Waals surface area contributed by atoms with Crippen LogP contribution in [0.2, 0.25) is 0 Å². The van der Waals surface area contributed by atoms with Crippen molar-refractivity contribution < 1.29 is 4.79 Å². The first-order valence-corrected chi connectivity index (χ1v) is 6.50. The molecule has 1 aromatic heterocycles. The Balaban J connectivity index is 2.47. The van der Waals surface area contributed by atoms with E-state index in [2.05, 4.69) is 16.3 Å². The third-order valence-electron chi connectivity index (χ3n) is 2.93. The SMILES string of the molecule is C#CCn1nc(CNC(=O)/C=C/C)c2ccccc2c1=O. The minimum Gasteiger partial charge on any atom is -0.347 e. The zero-order chi connectivity index (χ0) is 15.2. The van der Waals surface area contributed by atoms with Gasteiger partial charge < -0.3 is 5.32 Å². The second kappa shape index (κ2) is 6.53. The average molecular weight is 281 g/mol. The summed E-state index contributed by atoms with van der Waals surface area (Å²) in [4.78, 5) is 23.7. The number of nitrogens with zero attached hydrogens (tertiary/aromatic N) is 2. The molecule has 0 bridgehead atoms. The molecule has 0 radical (unpaired) electrons. The number of hydrogen-bond acceptors (Lipinski definition) is 3. The highest BCUT2D eigenvalue weighted by molar-refractivity contribution is 5.88. The van der Waals surface area contributed by atoms with Gasteiger partial charge >= 0.3 is 0 Å².